The van der Waals surface area contributed by atoms with Crippen molar-refractivity contribution in [2.45, 2.75) is 0 Å². The largest absolute Gasteiger partial charge is 0.399 e. The molecule has 0 amide bonds. The van der Waals surface area contributed by atoms with Crippen LogP contribution in [0.25, 0.3) is 11.3 Å². The van der Waals surface area contributed by atoms with Gasteiger partial charge in [0, 0.05) is 24.5 Å². The Kier molecular flexibility index (Phi) is 1.96. The maximum Gasteiger partial charge on any atom is 0.132 e. The Bertz CT molecular complexity index is 462. The standard InChI is InChI=1S/C10H10FN3/c1-14-5-4-10(13-14)8-6-7(12)2-3-9(8)11/h2-6H,12H2,1H3. The Hall–Kier alpha value is -1.84. The number of nitrogens with zero attached hydrogens (tertiary/aromatic N) is 2. The first-order valence-electron chi connectivity index (χ1n) is 4.22. The third-order valence-corrected chi connectivity index (χ3v) is 1.98. The van der Waals surface area contributed by atoms with Crippen LogP contribution in [0.4, 0.5) is 10.1 Å². The predicted molar refractivity (Wildman–Crippen MR) is 53.0 cm³/mol. The molecule has 0 bridgehead atoms. The Morgan fingerprint density at radius 2 is 2.14 bits per heavy atom. The zero-order chi connectivity index (χ0) is 10.1. The first-order chi connectivity index (χ1) is 6.66. The van der Waals surface area contributed by atoms with Crippen LogP contribution in [0.5, 0.6) is 0 Å². The summed E-state index contributed by atoms with van der Waals surface area (Å²) in [5.41, 5.74) is 7.14. The van der Waals surface area contributed by atoms with Gasteiger partial charge in [-0.25, -0.2) is 4.39 Å². The van der Waals surface area contributed by atoms with Gasteiger partial charge in [0.25, 0.3) is 0 Å². The minimum atomic E-state index is -0.307. The van der Waals surface area contributed by atoms with Gasteiger partial charge in [0.1, 0.15) is 5.82 Å². The maximum atomic E-state index is 13.4. The van der Waals surface area contributed by atoms with Crippen LogP contribution in [0, 0.1) is 5.82 Å². The van der Waals surface area contributed by atoms with Crippen molar-refractivity contribution >= 4 is 5.69 Å². The van der Waals surface area contributed by atoms with Crippen LogP contribution in [0.2, 0.25) is 0 Å². The van der Waals surface area contributed by atoms with E-state index in [2.05, 4.69) is 5.10 Å². The highest BCUT2D eigenvalue weighted by atomic mass is 19.1. The third kappa shape index (κ3) is 1.46. The number of nitrogens with two attached hydrogens (primary N) is 1. The molecule has 0 saturated carbocycles. The number of hydrogen-bond acceptors (Lipinski definition) is 2. The van der Waals surface area contributed by atoms with Crippen molar-refractivity contribution < 1.29 is 4.39 Å². The Labute approximate surface area is 81.0 Å². The Morgan fingerprint density at radius 1 is 1.36 bits per heavy atom. The molecular formula is C10H10FN3. The van der Waals surface area contributed by atoms with Crippen LogP contribution in [-0.2, 0) is 7.05 Å². The first kappa shape index (κ1) is 8.74. The Morgan fingerprint density at radius 3 is 2.79 bits per heavy atom. The smallest absolute Gasteiger partial charge is 0.132 e. The van der Waals surface area contributed by atoms with E-state index in [1.54, 1.807) is 30.1 Å². The number of aromatic nitrogens is 2. The lowest BCUT2D eigenvalue weighted by Gasteiger charge is -2.00. The molecule has 0 spiro atoms. The SMILES string of the molecule is Cn1ccc(-c2cc(N)ccc2F)n1. The molecule has 0 atom stereocenters. The molecular weight excluding hydrogens is 181 g/mol. The van der Waals surface area contributed by atoms with E-state index in [0.29, 0.717) is 16.9 Å². The van der Waals surface area contributed by atoms with Crippen molar-refractivity contribution in [1.82, 2.24) is 9.78 Å². The van der Waals surface area contributed by atoms with Crippen LogP contribution in [0.3, 0.4) is 0 Å². The van der Waals surface area contributed by atoms with Crippen LogP contribution >= 0.6 is 0 Å². The second-order valence-electron chi connectivity index (χ2n) is 3.11. The van der Waals surface area contributed by atoms with Crippen molar-refractivity contribution in [3.63, 3.8) is 0 Å². The highest BCUT2D eigenvalue weighted by Crippen LogP contribution is 2.22. The van der Waals surface area contributed by atoms with E-state index in [1.165, 1.54) is 12.1 Å². The zero-order valence-corrected chi connectivity index (χ0v) is 7.74. The molecule has 1 heterocycles. The molecule has 0 aliphatic carbocycles. The van der Waals surface area contributed by atoms with Gasteiger partial charge in [-0.15, -0.1) is 0 Å². The van der Waals surface area contributed by atoms with Crippen LogP contribution < -0.4 is 5.73 Å². The lowest BCUT2D eigenvalue weighted by Crippen LogP contribution is -1.92. The number of anilines is 1. The summed E-state index contributed by atoms with van der Waals surface area (Å²) in [6, 6.07) is 6.20. The molecule has 0 fully saturated rings. The summed E-state index contributed by atoms with van der Waals surface area (Å²) in [4.78, 5) is 0. The lowest BCUT2D eigenvalue weighted by atomic mass is 10.1. The van der Waals surface area contributed by atoms with Gasteiger partial charge in [-0.3, -0.25) is 4.68 Å². The fourth-order valence-corrected chi connectivity index (χ4v) is 1.30. The molecule has 4 heteroatoms. The topological polar surface area (TPSA) is 43.8 Å². The Balaban J connectivity index is 2.55. The number of benzene rings is 1. The quantitative estimate of drug-likeness (QED) is 0.698. The number of nitrogen functional groups attached to an aromatic ring is 1. The molecule has 2 aromatic rings. The summed E-state index contributed by atoms with van der Waals surface area (Å²) in [7, 11) is 1.79. The van der Waals surface area contributed by atoms with E-state index in [0.717, 1.165) is 0 Å². The molecule has 1 aromatic carbocycles. The monoisotopic (exact) mass is 191 g/mol. The van der Waals surface area contributed by atoms with Gasteiger partial charge in [0.05, 0.1) is 5.69 Å². The van der Waals surface area contributed by atoms with Crippen molar-refractivity contribution in [2.75, 3.05) is 5.73 Å². The highest BCUT2D eigenvalue weighted by molar-refractivity contribution is 5.64. The number of hydrogen-bond donors (Lipinski definition) is 1. The fraction of sp³-hybridized carbons (Fsp3) is 0.100. The predicted octanol–water partition coefficient (Wildman–Crippen LogP) is 1.81. The fourth-order valence-electron chi connectivity index (χ4n) is 1.30. The summed E-state index contributed by atoms with van der Waals surface area (Å²) in [5.74, 6) is -0.307. The molecule has 3 nitrogen and oxygen atoms in total. The summed E-state index contributed by atoms with van der Waals surface area (Å²) >= 11 is 0. The van der Waals surface area contributed by atoms with Gasteiger partial charge in [0.2, 0.25) is 0 Å². The van der Waals surface area contributed by atoms with Crippen LogP contribution in [0.15, 0.2) is 30.5 Å². The average Bonchev–Trinajstić information content (AvgIpc) is 2.56. The maximum absolute atomic E-state index is 13.4. The highest BCUT2D eigenvalue weighted by Gasteiger charge is 2.07. The molecule has 2 N–H and O–H groups in total. The molecule has 72 valence electrons. The van der Waals surface area contributed by atoms with Gasteiger partial charge in [-0.05, 0) is 24.3 Å². The van der Waals surface area contributed by atoms with E-state index >= 15 is 0 Å². The summed E-state index contributed by atoms with van der Waals surface area (Å²) in [5, 5.41) is 4.10. The van der Waals surface area contributed by atoms with Crippen molar-refractivity contribution in [2.24, 2.45) is 7.05 Å². The molecule has 2 rings (SSSR count). The van der Waals surface area contributed by atoms with Crippen LogP contribution in [0.1, 0.15) is 0 Å². The van der Waals surface area contributed by atoms with Crippen molar-refractivity contribution in [3.05, 3.63) is 36.3 Å². The third-order valence-electron chi connectivity index (χ3n) is 1.98. The van der Waals surface area contributed by atoms with Crippen molar-refractivity contribution in [3.8, 4) is 11.3 Å². The van der Waals surface area contributed by atoms with E-state index in [-0.39, 0.29) is 5.82 Å². The minimum absolute atomic E-state index is 0.307. The lowest BCUT2D eigenvalue weighted by molar-refractivity contribution is 0.630. The van der Waals surface area contributed by atoms with Gasteiger partial charge in [-0.1, -0.05) is 0 Å². The first-order valence-corrected chi connectivity index (χ1v) is 4.22. The van der Waals surface area contributed by atoms with Crippen LogP contribution in [-0.4, -0.2) is 9.78 Å². The van der Waals surface area contributed by atoms with E-state index < -0.39 is 0 Å². The molecule has 0 radical (unpaired) electrons. The number of rotatable bonds is 1. The van der Waals surface area contributed by atoms with E-state index in [1.807, 2.05) is 0 Å². The van der Waals surface area contributed by atoms with Crippen molar-refractivity contribution in [1.29, 1.82) is 0 Å². The summed E-state index contributed by atoms with van der Waals surface area (Å²) in [6.45, 7) is 0. The van der Waals surface area contributed by atoms with Gasteiger partial charge < -0.3 is 5.73 Å². The summed E-state index contributed by atoms with van der Waals surface area (Å²) < 4.78 is 15.0. The normalized spacial score (nSPS) is 10.4. The molecule has 0 unspecified atom stereocenters. The minimum Gasteiger partial charge on any atom is -0.399 e. The molecule has 0 saturated heterocycles. The van der Waals surface area contributed by atoms with Gasteiger partial charge in [-0.2, -0.15) is 5.10 Å². The second kappa shape index (κ2) is 3.14. The van der Waals surface area contributed by atoms with E-state index in [4.69, 9.17) is 5.73 Å². The van der Waals surface area contributed by atoms with E-state index in [9.17, 15) is 4.39 Å². The number of halogens is 1. The molecule has 0 aliphatic rings. The summed E-state index contributed by atoms with van der Waals surface area (Å²) in [6.07, 6.45) is 1.76. The zero-order valence-electron chi connectivity index (χ0n) is 7.74. The molecule has 14 heavy (non-hydrogen) atoms. The number of aryl methyl sites for hydroxylation is 1. The van der Waals surface area contributed by atoms with Gasteiger partial charge >= 0.3 is 0 Å². The second-order valence-corrected chi connectivity index (χ2v) is 3.11. The van der Waals surface area contributed by atoms with Gasteiger partial charge in [0.15, 0.2) is 0 Å². The average molecular weight is 191 g/mol. The molecule has 1 aromatic heterocycles. The molecule has 0 aliphatic heterocycles.